The molecule has 1 aromatic rings. The van der Waals surface area contributed by atoms with E-state index < -0.39 is 0 Å². The molecule has 0 aliphatic heterocycles. The van der Waals surface area contributed by atoms with Gasteiger partial charge in [-0.1, -0.05) is 6.92 Å². The fourth-order valence-corrected chi connectivity index (χ4v) is 1.84. The average molecular weight is 273 g/mol. The highest BCUT2D eigenvalue weighted by Crippen LogP contribution is 2.24. The molecule has 1 aromatic heterocycles. The van der Waals surface area contributed by atoms with Gasteiger partial charge in [0.2, 0.25) is 5.95 Å². The Morgan fingerprint density at radius 1 is 1.20 bits per heavy atom. The zero-order valence-electron chi connectivity index (χ0n) is 9.42. The minimum atomic E-state index is 0.517. The van der Waals surface area contributed by atoms with E-state index in [1.165, 1.54) is 0 Å². The predicted molar refractivity (Wildman–Crippen MR) is 67.1 cm³/mol. The second-order valence-electron chi connectivity index (χ2n) is 3.20. The van der Waals surface area contributed by atoms with Crippen LogP contribution in [0.15, 0.2) is 4.47 Å². The number of rotatable bonds is 4. The Hall–Kier alpha value is -0.840. The molecule has 84 valence electrons. The first-order valence-electron chi connectivity index (χ1n) is 5.20. The van der Waals surface area contributed by atoms with Gasteiger partial charge in [-0.25, -0.2) is 4.98 Å². The SMILES string of the molecule is CCc1nc(N(CC)CC)nc(N)c1Br. The Bertz CT molecular complexity index is 336. The van der Waals surface area contributed by atoms with Crippen molar-refractivity contribution in [3.63, 3.8) is 0 Å². The number of aryl methyl sites for hydroxylation is 1. The smallest absolute Gasteiger partial charge is 0.227 e. The van der Waals surface area contributed by atoms with Crippen molar-refractivity contribution in [2.45, 2.75) is 27.2 Å². The van der Waals surface area contributed by atoms with Crippen LogP contribution in [0.1, 0.15) is 26.5 Å². The molecule has 4 nitrogen and oxygen atoms in total. The molecule has 0 saturated heterocycles. The lowest BCUT2D eigenvalue weighted by Gasteiger charge is -2.19. The first-order chi connectivity index (χ1) is 7.13. The second kappa shape index (κ2) is 5.30. The maximum Gasteiger partial charge on any atom is 0.227 e. The summed E-state index contributed by atoms with van der Waals surface area (Å²) in [4.78, 5) is 10.8. The normalized spacial score (nSPS) is 10.4. The van der Waals surface area contributed by atoms with E-state index in [1.54, 1.807) is 0 Å². The largest absolute Gasteiger partial charge is 0.383 e. The third kappa shape index (κ3) is 2.59. The van der Waals surface area contributed by atoms with E-state index in [0.29, 0.717) is 5.82 Å². The Balaban J connectivity index is 3.15. The number of nitrogen functional groups attached to an aromatic ring is 1. The summed E-state index contributed by atoms with van der Waals surface area (Å²) in [6.45, 7) is 7.99. The van der Waals surface area contributed by atoms with Gasteiger partial charge in [-0.05, 0) is 36.2 Å². The van der Waals surface area contributed by atoms with Crippen molar-refractivity contribution in [2.24, 2.45) is 0 Å². The van der Waals surface area contributed by atoms with Gasteiger partial charge in [0.25, 0.3) is 0 Å². The van der Waals surface area contributed by atoms with Crippen LogP contribution in [0.5, 0.6) is 0 Å². The summed E-state index contributed by atoms with van der Waals surface area (Å²) in [7, 11) is 0. The third-order valence-corrected chi connectivity index (χ3v) is 3.18. The van der Waals surface area contributed by atoms with Gasteiger partial charge in [0, 0.05) is 13.1 Å². The Kier molecular flexibility index (Phi) is 4.32. The highest BCUT2D eigenvalue weighted by Gasteiger charge is 2.11. The van der Waals surface area contributed by atoms with E-state index >= 15 is 0 Å². The van der Waals surface area contributed by atoms with Crippen LogP contribution >= 0.6 is 15.9 Å². The number of anilines is 2. The molecule has 2 N–H and O–H groups in total. The fraction of sp³-hybridized carbons (Fsp3) is 0.600. The molecular formula is C10H17BrN4. The van der Waals surface area contributed by atoms with Crippen LogP contribution in [-0.4, -0.2) is 23.1 Å². The fourth-order valence-electron chi connectivity index (χ4n) is 1.38. The molecule has 0 amide bonds. The van der Waals surface area contributed by atoms with Gasteiger partial charge in [-0.15, -0.1) is 0 Å². The summed E-state index contributed by atoms with van der Waals surface area (Å²) >= 11 is 3.40. The number of halogens is 1. The van der Waals surface area contributed by atoms with Crippen molar-refractivity contribution >= 4 is 27.7 Å². The number of hydrogen-bond acceptors (Lipinski definition) is 4. The standard InChI is InChI=1S/C10H17BrN4/c1-4-7-8(11)9(12)14-10(13-7)15(5-2)6-3/h4-6H2,1-3H3,(H2,12,13,14). The summed E-state index contributed by atoms with van der Waals surface area (Å²) in [6.07, 6.45) is 0.849. The van der Waals surface area contributed by atoms with Gasteiger partial charge in [0.15, 0.2) is 0 Å². The lowest BCUT2D eigenvalue weighted by Crippen LogP contribution is -2.25. The Labute approximate surface area is 99.0 Å². The minimum absolute atomic E-state index is 0.517. The molecule has 0 aromatic carbocycles. The van der Waals surface area contributed by atoms with Crippen molar-refractivity contribution in [1.29, 1.82) is 0 Å². The summed E-state index contributed by atoms with van der Waals surface area (Å²) < 4.78 is 0.820. The van der Waals surface area contributed by atoms with E-state index in [1.807, 2.05) is 0 Å². The lowest BCUT2D eigenvalue weighted by molar-refractivity contribution is 0.810. The van der Waals surface area contributed by atoms with Gasteiger partial charge in [0.05, 0.1) is 10.2 Å². The van der Waals surface area contributed by atoms with Gasteiger partial charge < -0.3 is 10.6 Å². The van der Waals surface area contributed by atoms with Crippen molar-refractivity contribution in [3.8, 4) is 0 Å². The number of nitrogens with zero attached hydrogens (tertiary/aromatic N) is 3. The van der Waals surface area contributed by atoms with Crippen molar-refractivity contribution < 1.29 is 0 Å². The van der Waals surface area contributed by atoms with Crippen LogP contribution in [0, 0.1) is 0 Å². The first kappa shape index (κ1) is 12.2. The molecule has 1 heterocycles. The van der Waals surface area contributed by atoms with Gasteiger partial charge >= 0.3 is 0 Å². The van der Waals surface area contributed by atoms with Gasteiger partial charge in [-0.3, -0.25) is 0 Å². The quantitative estimate of drug-likeness (QED) is 0.914. The van der Waals surface area contributed by atoms with E-state index in [2.05, 4.69) is 51.6 Å². The first-order valence-corrected chi connectivity index (χ1v) is 6.00. The van der Waals surface area contributed by atoms with Crippen molar-refractivity contribution in [3.05, 3.63) is 10.2 Å². The monoisotopic (exact) mass is 272 g/mol. The zero-order valence-corrected chi connectivity index (χ0v) is 11.0. The van der Waals surface area contributed by atoms with Crippen molar-refractivity contribution in [1.82, 2.24) is 9.97 Å². The molecule has 0 aliphatic rings. The van der Waals surface area contributed by atoms with Crippen LogP contribution in [0.3, 0.4) is 0 Å². The van der Waals surface area contributed by atoms with Crippen LogP contribution in [0.2, 0.25) is 0 Å². The van der Waals surface area contributed by atoms with Crippen LogP contribution < -0.4 is 10.6 Å². The molecule has 0 spiro atoms. The highest BCUT2D eigenvalue weighted by atomic mass is 79.9. The topological polar surface area (TPSA) is 55.0 Å². The van der Waals surface area contributed by atoms with E-state index in [-0.39, 0.29) is 0 Å². The van der Waals surface area contributed by atoms with Gasteiger partial charge in [0.1, 0.15) is 5.82 Å². The van der Waals surface area contributed by atoms with Gasteiger partial charge in [-0.2, -0.15) is 4.98 Å². The molecule has 1 rings (SSSR count). The molecule has 0 fully saturated rings. The molecule has 15 heavy (non-hydrogen) atoms. The average Bonchev–Trinajstić information content (AvgIpc) is 2.24. The molecule has 5 heteroatoms. The molecular weight excluding hydrogens is 256 g/mol. The van der Waals surface area contributed by atoms with Crippen molar-refractivity contribution in [2.75, 3.05) is 23.7 Å². The maximum atomic E-state index is 5.82. The number of hydrogen-bond donors (Lipinski definition) is 1. The maximum absolute atomic E-state index is 5.82. The predicted octanol–water partition coefficient (Wildman–Crippen LogP) is 2.23. The van der Waals surface area contributed by atoms with Crippen LogP contribution in [-0.2, 0) is 6.42 Å². The Morgan fingerprint density at radius 3 is 2.27 bits per heavy atom. The third-order valence-electron chi connectivity index (χ3n) is 2.31. The lowest BCUT2D eigenvalue weighted by atomic mass is 10.3. The molecule has 0 radical (unpaired) electrons. The number of aromatic nitrogens is 2. The zero-order chi connectivity index (χ0) is 11.4. The molecule has 0 aliphatic carbocycles. The summed E-state index contributed by atoms with van der Waals surface area (Å²) in [6, 6.07) is 0. The highest BCUT2D eigenvalue weighted by molar-refractivity contribution is 9.10. The molecule has 0 atom stereocenters. The molecule has 0 unspecified atom stereocenters. The van der Waals surface area contributed by atoms with Crippen LogP contribution in [0.25, 0.3) is 0 Å². The summed E-state index contributed by atoms with van der Waals surface area (Å²) in [5.41, 5.74) is 6.78. The van der Waals surface area contributed by atoms with E-state index in [4.69, 9.17) is 5.73 Å². The van der Waals surface area contributed by atoms with E-state index in [9.17, 15) is 0 Å². The Morgan fingerprint density at radius 2 is 1.80 bits per heavy atom. The minimum Gasteiger partial charge on any atom is -0.383 e. The molecule has 0 bridgehead atoms. The summed E-state index contributed by atoms with van der Waals surface area (Å²) in [5, 5.41) is 0. The second-order valence-corrected chi connectivity index (χ2v) is 3.99. The molecule has 0 saturated carbocycles. The van der Waals surface area contributed by atoms with E-state index in [0.717, 1.165) is 35.6 Å². The van der Waals surface area contributed by atoms with Crippen LogP contribution in [0.4, 0.5) is 11.8 Å². The number of nitrogens with two attached hydrogens (primary N) is 1. The summed E-state index contributed by atoms with van der Waals surface area (Å²) in [5.74, 6) is 1.24.